The van der Waals surface area contributed by atoms with Crippen molar-refractivity contribution in [2.24, 2.45) is 0 Å². The van der Waals surface area contributed by atoms with Gasteiger partial charge in [-0.25, -0.2) is 4.98 Å². The van der Waals surface area contributed by atoms with Gasteiger partial charge < -0.3 is 4.57 Å². The second kappa shape index (κ2) is 12.5. The normalized spacial score (nSPS) is 11.2. The molecule has 0 aliphatic heterocycles. The predicted molar refractivity (Wildman–Crippen MR) is 184 cm³/mol. The molecular weight excluding hydrogens is 526 g/mol. The Hall–Kier alpha value is -5.03. The van der Waals surface area contributed by atoms with E-state index < -0.39 is 0 Å². The summed E-state index contributed by atoms with van der Waals surface area (Å²) >= 11 is 0. The second-order valence-electron chi connectivity index (χ2n) is 10.2. The van der Waals surface area contributed by atoms with E-state index in [9.17, 15) is 0 Å². The summed E-state index contributed by atoms with van der Waals surface area (Å²) in [6.45, 7) is 20.7. The molecule has 5 heteroatoms. The maximum Gasteiger partial charge on any atom is 0.238 e. The van der Waals surface area contributed by atoms with E-state index in [1.54, 1.807) is 0 Å². The molecule has 0 bridgehead atoms. The van der Waals surface area contributed by atoms with Gasteiger partial charge in [-0.1, -0.05) is 101 Å². The molecule has 6 rings (SSSR count). The summed E-state index contributed by atoms with van der Waals surface area (Å²) in [5.74, 6) is 1.78. The summed E-state index contributed by atoms with van der Waals surface area (Å²) in [5, 5.41) is 2.35. The Morgan fingerprint density at radius 1 is 0.860 bits per heavy atom. The van der Waals surface area contributed by atoms with Crippen molar-refractivity contribution < 1.29 is 0 Å². The minimum absolute atomic E-state index is 0.575. The highest BCUT2D eigenvalue weighted by atomic mass is 15.2. The third-order valence-corrected chi connectivity index (χ3v) is 7.63. The first kappa shape index (κ1) is 29.5. The lowest BCUT2D eigenvalue weighted by Gasteiger charge is -2.13. The summed E-state index contributed by atoms with van der Waals surface area (Å²) in [5.41, 5.74) is 9.61. The molecule has 0 atom stereocenters. The molecule has 0 saturated heterocycles. The van der Waals surface area contributed by atoms with Gasteiger partial charge >= 0.3 is 0 Å². The number of aryl methyl sites for hydroxylation is 1. The number of fused-ring (bicyclic) bond motifs is 2. The number of rotatable bonds is 7. The van der Waals surface area contributed by atoms with Gasteiger partial charge in [0, 0.05) is 39.0 Å². The summed E-state index contributed by atoms with van der Waals surface area (Å²) in [6.07, 6.45) is 7.01. The van der Waals surface area contributed by atoms with E-state index in [0.29, 0.717) is 17.6 Å². The number of hydrogen-bond acceptors (Lipinski definition) is 3. The zero-order chi connectivity index (χ0) is 30.7. The van der Waals surface area contributed by atoms with Crippen LogP contribution < -0.4 is 0 Å². The van der Waals surface area contributed by atoms with Gasteiger partial charge in [0.25, 0.3) is 0 Å². The van der Waals surface area contributed by atoms with E-state index in [1.807, 2.05) is 57.2 Å². The fourth-order valence-corrected chi connectivity index (χ4v) is 5.73. The first-order chi connectivity index (χ1) is 21.0. The lowest BCUT2D eigenvalue weighted by molar-refractivity contribution is 0.860. The topological polar surface area (TPSA) is 48.5 Å². The fraction of sp³-hybridized carbons (Fsp3) is 0.184. The highest BCUT2D eigenvalue weighted by Gasteiger charge is 2.21. The molecule has 216 valence electrons. The lowest BCUT2D eigenvalue weighted by Crippen LogP contribution is -2.10. The molecule has 0 amide bonds. The first-order valence-electron chi connectivity index (χ1n) is 15.0. The van der Waals surface area contributed by atoms with Crippen LogP contribution in [-0.4, -0.2) is 24.1 Å². The Balaban J connectivity index is 0.00000180. The van der Waals surface area contributed by atoms with Gasteiger partial charge in [-0.3, -0.25) is 4.57 Å². The molecule has 0 aliphatic rings. The summed E-state index contributed by atoms with van der Waals surface area (Å²) in [6, 6.07) is 25.2. The molecule has 0 N–H and O–H groups in total. The standard InChI is InChI=1S/C36H33N5.C2H6/c1-7-15-31-24(6)28-18-13-14-19-32(28)40(31)26-20-21-29-27(8-2)30(9-3)41(33(29)22-26)36-38-34(23(4)5)37-35(39-36)25-16-11-10-12-17-25;1-2/h7-8,10-22H,2,4,9H2,1,3,5-6H3;1-2H3/b15-7-;. The van der Waals surface area contributed by atoms with Crippen LogP contribution in [0.5, 0.6) is 0 Å². The van der Waals surface area contributed by atoms with Crippen LogP contribution in [0, 0.1) is 6.92 Å². The number of nitrogens with zero attached hydrogens (tertiary/aromatic N) is 5. The molecule has 3 heterocycles. The molecule has 0 unspecified atom stereocenters. The smallest absolute Gasteiger partial charge is 0.238 e. The van der Waals surface area contributed by atoms with Crippen molar-refractivity contribution in [3.05, 3.63) is 120 Å². The van der Waals surface area contributed by atoms with Crippen molar-refractivity contribution >= 4 is 39.5 Å². The molecule has 0 fully saturated rings. The number of benzene rings is 3. The van der Waals surface area contributed by atoms with Crippen LogP contribution in [0.15, 0.2) is 92.0 Å². The SMILES string of the molecule is C=Cc1c(CC)n(-c2nc(C(=C)C)nc(-c3ccccc3)n2)c2cc(-n3c(/C=C\C)c(C)c4ccccc43)ccc12.CC. The summed E-state index contributed by atoms with van der Waals surface area (Å²) in [4.78, 5) is 14.7. The van der Waals surface area contributed by atoms with Gasteiger partial charge in [0.15, 0.2) is 11.6 Å². The van der Waals surface area contributed by atoms with E-state index in [2.05, 4.69) is 97.7 Å². The maximum atomic E-state index is 5.01. The largest absolute Gasteiger partial charge is 0.310 e. The monoisotopic (exact) mass is 565 g/mol. The zero-order valence-corrected chi connectivity index (χ0v) is 26.0. The molecule has 0 spiro atoms. The zero-order valence-electron chi connectivity index (χ0n) is 26.0. The third-order valence-electron chi connectivity index (χ3n) is 7.63. The van der Waals surface area contributed by atoms with Crippen molar-refractivity contribution in [2.75, 3.05) is 0 Å². The van der Waals surface area contributed by atoms with Crippen molar-refractivity contribution in [2.45, 2.75) is 48.0 Å². The van der Waals surface area contributed by atoms with E-state index in [4.69, 9.17) is 15.0 Å². The highest BCUT2D eigenvalue weighted by Crippen LogP contribution is 2.35. The summed E-state index contributed by atoms with van der Waals surface area (Å²) < 4.78 is 4.51. The minimum Gasteiger partial charge on any atom is -0.310 e. The van der Waals surface area contributed by atoms with Gasteiger partial charge in [-0.15, -0.1) is 0 Å². The van der Waals surface area contributed by atoms with Crippen molar-refractivity contribution in [1.29, 1.82) is 0 Å². The van der Waals surface area contributed by atoms with Crippen LogP contribution in [0.2, 0.25) is 0 Å². The van der Waals surface area contributed by atoms with E-state index >= 15 is 0 Å². The van der Waals surface area contributed by atoms with Crippen LogP contribution in [0.3, 0.4) is 0 Å². The quantitative estimate of drug-likeness (QED) is 0.193. The average Bonchev–Trinajstić information content (AvgIpc) is 3.52. The molecule has 0 saturated carbocycles. The van der Waals surface area contributed by atoms with Crippen LogP contribution in [0.4, 0.5) is 0 Å². The number of hydrogen-bond donors (Lipinski definition) is 0. The van der Waals surface area contributed by atoms with Crippen LogP contribution in [-0.2, 0) is 6.42 Å². The second-order valence-corrected chi connectivity index (χ2v) is 10.2. The Morgan fingerprint density at radius 2 is 1.58 bits per heavy atom. The van der Waals surface area contributed by atoms with Gasteiger partial charge in [0.2, 0.25) is 5.95 Å². The molecule has 5 nitrogen and oxygen atoms in total. The average molecular weight is 566 g/mol. The van der Waals surface area contributed by atoms with E-state index in [0.717, 1.165) is 45.4 Å². The molecule has 3 aromatic heterocycles. The first-order valence-corrected chi connectivity index (χ1v) is 15.0. The lowest BCUT2D eigenvalue weighted by atomic mass is 10.1. The molecule has 43 heavy (non-hydrogen) atoms. The van der Waals surface area contributed by atoms with Crippen molar-refractivity contribution in [3.8, 4) is 23.0 Å². The van der Waals surface area contributed by atoms with Gasteiger partial charge in [-0.05, 0) is 62.6 Å². The summed E-state index contributed by atoms with van der Waals surface area (Å²) in [7, 11) is 0. The number of para-hydroxylation sites is 1. The fourth-order valence-electron chi connectivity index (χ4n) is 5.73. The molecular formula is C38H39N5. The number of allylic oxidation sites excluding steroid dienone is 2. The van der Waals surface area contributed by atoms with Gasteiger partial charge in [0.05, 0.1) is 11.0 Å². The van der Waals surface area contributed by atoms with Gasteiger partial charge in [0.1, 0.15) is 0 Å². The molecule has 6 aromatic rings. The Morgan fingerprint density at radius 3 is 2.26 bits per heavy atom. The van der Waals surface area contributed by atoms with Crippen molar-refractivity contribution in [3.63, 3.8) is 0 Å². The van der Waals surface area contributed by atoms with E-state index in [-0.39, 0.29) is 0 Å². The Kier molecular flexibility index (Phi) is 8.53. The van der Waals surface area contributed by atoms with Gasteiger partial charge in [-0.2, -0.15) is 9.97 Å². The van der Waals surface area contributed by atoms with E-state index in [1.165, 1.54) is 22.2 Å². The highest BCUT2D eigenvalue weighted by molar-refractivity contribution is 5.95. The van der Waals surface area contributed by atoms with Crippen LogP contribution in [0.1, 0.15) is 63.0 Å². The maximum absolute atomic E-state index is 5.01. The molecule has 0 radical (unpaired) electrons. The van der Waals surface area contributed by atoms with Crippen LogP contribution in [0.25, 0.3) is 62.6 Å². The Labute approximate surface area is 254 Å². The molecule has 0 aliphatic carbocycles. The number of aromatic nitrogens is 5. The van der Waals surface area contributed by atoms with Crippen LogP contribution >= 0.6 is 0 Å². The predicted octanol–water partition coefficient (Wildman–Crippen LogP) is 10.0. The molecule has 3 aromatic carbocycles. The third kappa shape index (κ3) is 5.12. The minimum atomic E-state index is 0.575. The van der Waals surface area contributed by atoms with Crippen molar-refractivity contribution in [1.82, 2.24) is 24.1 Å². The Bertz CT molecular complexity index is 1990.